The molecule has 0 aliphatic heterocycles. The minimum Gasteiger partial charge on any atom is -0.497 e. The van der Waals surface area contributed by atoms with Crippen molar-refractivity contribution in [3.63, 3.8) is 0 Å². The number of nitrogens with zero attached hydrogens (tertiary/aromatic N) is 1. The van der Waals surface area contributed by atoms with E-state index in [0.29, 0.717) is 11.3 Å². The van der Waals surface area contributed by atoms with Gasteiger partial charge in [-0.05, 0) is 41.5 Å². The van der Waals surface area contributed by atoms with Crippen molar-refractivity contribution in [2.24, 2.45) is 0 Å². The molecular formula is C22H22N2O4S. The smallest absolute Gasteiger partial charge is 0.224 e. The lowest BCUT2D eigenvalue weighted by Crippen LogP contribution is -2.33. The molecular weight excluding hydrogens is 388 g/mol. The molecule has 0 spiro atoms. The Morgan fingerprint density at radius 2 is 1.76 bits per heavy atom. The molecule has 29 heavy (non-hydrogen) atoms. The van der Waals surface area contributed by atoms with E-state index >= 15 is 0 Å². The van der Waals surface area contributed by atoms with Crippen LogP contribution in [0.1, 0.15) is 16.4 Å². The van der Waals surface area contributed by atoms with Crippen molar-refractivity contribution >= 4 is 15.7 Å². The molecule has 0 saturated heterocycles. The summed E-state index contributed by atoms with van der Waals surface area (Å²) in [5.41, 5.74) is 1.34. The molecule has 150 valence electrons. The SMILES string of the molecule is COc1ccc(CC(=O)NC[C@H](c2cccnc2)S(=O)(=O)c2ccccc2)cc1. The Morgan fingerprint density at radius 3 is 2.38 bits per heavy atom. The van der Waals surface area contributed by atoms with Crippen LogP contribution >= 0.6 is 0 Å². The second-order valence-electron chi connectivity index (χ2n) is 6.46. The zero-order valence-corrected chi connectivity index (χ0v) is 16.8. The van der Waals surface area contributed by atoms with Crippen molar-refractivity contribution in [3.05, 3.63) is 90.3 Å². The summed E-state index contributed by atoms with van der Waals surface area (Å²) in [7, 11) is -2.13. The Hall–Kier alpha value is -3.19. The van der Waals surface area contributed by atoms with Gasteiger partial charge in [-0.15, -0.1) is 0 Å². The number of pyridine rings is 1. The number of sulfone groups is 1. The molecule has 6 nitrogen and oxygen atoms in total. The van der Waals surface area contributed by atoms with E-state index < -0.39 is 15.1 Å². The van der Waals surface area contributed by atoms with Gasteiger partial charge in [-0.1, -0.05) is 36.4 Å². The van der Waals surface area contributed by atoms with Gasteiger partial charge < -0.3 is 10.1 Å². The van der Waals surface area contributed by atoms with Crippen molar-refractivity contribution in [2.75, 3.05) is 13.7 Å². The summed E-state index contributed by atoms with van der Waals surface area (Å²) in [6.45, 7) is -0.0437. The monoisotopic (exact) mass is 410 g/mol. The number of carbonyl (C=O) groups is 1. The number of benzene rings is 2. The van der Waals surface area contributed by atoms with Crippen molar-refractivity contribution in [1.82, 2.24) is 10.3 Å². The fourth-order valence-corrected chi connectivity index (χ4v) is 4.61. The minimum atomic E-state index is -3.70. The van der Waals surface area contributed by atoms with E-state index in [1.807, 2.05) is 0 Å². The van der Waals surface area contributed by atoms with Gasteiger partial charge in [0, 0.05) is 18.9 Å². The van der Waals surface area contributed by atoms with Crippen LogP contribution in [0.25, 0.3) is 0 Å². The highest BCUT2D eigenvalue weighted by atomic mass is 32.2. The first-order valence-electron chi connectivity index (χ1n) is 9.09. The maximum absolute atomic E-state index is 13.2. The molecule has 3 rings (SSSR count). The second kappa shape index (κ2) is 9.34. The lowest BCUT2D eigenvalue weighted by atomic mass is 10.1. The van der Waals surface area contributed by atoms with Gasteiger partial charge in [-0.3, -0.25) is 9.78 Å². The van der Waals surface area contributed by atoms with Crippen LogP contribution in [0.3, 0.4) is 0 Å². The van der Waals surface area contributed by atoms with Crippen LogP contribution in [0.5, 0.6) is 5.75 Å². The van der Waals surface area contributed by atoms with Crippen molar-refractivity contribution < 1.29 is 17.9 Å². The number of aromatic nitrogens is 1. The molecule has 0 aliphatic rings. The molecule has 1 atom stereocenters. The molecule has 1 aromatic heterocycles. The van der Waals surface area contributed by atoms with Gasteiger partial charge >= 0.3 is 0 Å². The minimum absolute atomic E-state index is 0.0437. The van der Waals surface area contributed by atoms with Gasteiger partial charge in [0.1, 0.15) is 11.0 Å². The zero-order chi connectivity index (χ0) is 20.7. The largest absolute Gasteiger partial charge is 0.497 e. The van der Waals surface area contributed by atoms with E-state index in [-0.39, 0.29) is 23.8 Å². The average molecular weight is 410 g/mol. The zero-order valence-electron chi connectivity index (χ0n) is 16.0. The third kappa shape index (κ3) is 5.20. The van der Waals surface area contributed by atoms with Gasteiger partial charge in [-0.2, -0.15) is 0 Å². The van der Waals surface area contributed by atoms with Crippen molar-refractivity contribution in [3.8, 4) is 5.75 Å². The first-order chi connectivity index (χ1) is 14.0. The molecule has 2 aromatic carbocycles. The number of ether oxygens (including phenoxy) is 1. The summed E-state index contributed by atoms with van der Waals surface area (Å²) < 4.78 is 31.5. The van der Waals surface area contributed by atoms with Gasteiger partial charge in [-0.25, -0.2) is 8.42 Å². The number of methoxy groups -OCH3 is 1. The van der Waals surface area contributed by atoms with E-state index in [4.69, 9.17) is 4.74 Å². The summed E-state index contributed by atoms with van der Waals surface area (Å²) in [6.07, 6.45) is 3.24. The Balaban J connectivity index is 1.76. The number of hydrogen-bond acceptors (Lipinski definition) is 5. The molecule has 1 heterocycles. The van der Waals surface area contributed by atoms with E-state index in [2.05, 4.69) is 10.3 Å². The normalized spacial score (nSPS) is 12.2. The second-order valence-corrected chi connectivity index (χ2v) is 8.59. The maximum Gasteiger partial charge on any atom is 0.224 e. The highest BCUT2D eigenvalue weighted by molar-refractivity contribution is 7.91. The number of amides is 1. The Bertz CT molecular complexity index is 1040. The Kier molecular flexibility index (Phi) is 6.61. The van der Waals surface area contributed by atoms with Crippen LogP contribution in [-0.4, -0.2) is 33.0 Å². The van der Waals surface area contributed by atoms with Crippen LogP contribution < -0.4 is 10.1 Å². The number of rotatable bonds is 8. The summed E-state index contributed by atoms with van der Waals surface area (Å²) in [5.74, 6) is 0.451. The lowest BCUT2D eigenvalue weighted by Gasteiger charge is -2.19. The van der Waals surface area contributed by atoms with Crippen LogP contribution in [0.15, 0.2) is 84.0 Å². The molecule has 3 aromatic rings. The Morgan fingerprint density at radius 1 is 1.03 bits per heavy atom. The highest BCUT2D eigenvalue weighted by Crippen LogP contribution is 2.28. The predicted molar refractivity (Wildman–Crippen MR) is 110 cm³/mol. The summed E-state index contributed by atoms with van der Waals surface area (Å²) in [6, 6.07) is 18.8. The summed E-state index contributed by atoms with van der Waals surface area (Å²) >= 11 is 0. The van der Waals surface area contributed by atoms with Gasteiger partial charge in [0.15, 0.2) is 9.84 Å². The van der Waals surface area contributed by atoms with Gasteiger partial charge in [0.25, 0.3) is 0 Å². The van der Waals surface area contributed by atoms with Crippen molar-refractivity contribution in [1.29, 1.82) is 0 Å². The van der Waals surface area contributed by atoms with E-state index in [1.165, 1.54) is 6.20 Å². The molecule has 0 radical (unpaired) electrons. The van der Waals surface area contributed by atoms with E-state index in [0.717, 1.165) is 5.56 Å². The number of carbonyl (C=O) groups excluding carboxylic acids is 1. The molecule has 7 heteroatoms. The third-order valence-corrected chi connectivity index (χ3v) is 6.63. The maximum atomic E-state index is 13.2. The molecule has 1 N–H and O–H groups in total. The van der Waals surface area contributed by atoms with Crippen molar-refractivity contribution in [2.45, 2.75) is 16.6 Å². The molecule has 0 aliphatic carbocycles. The quantitative estimate of drug-likeness (QED) is 0.617. The van der Waals surface area contributed by atoms with Gasteiger partial charge in [0.05, 0.1) is 18.4 Å². The number of hydrogen-bond donors (Lipinski definition) is 1. The van der Waals surface area contributed by atoms with Crippen LogP contribution in [0.4, 0.5) is 0 Å². The average Bonchev–Trinajstić information content (AvgIpc) is 2.75. The fourth-order valence-electron chi connectivity index (χ4n) is 2.95. The molecule has 0 unspecified atom stereocenters. The summed E-state index contributed by atoms with van der Waals surface area (Å²) in [5, 5.41) is 1.83. The van der Waals surface area contributed by atoms with Crippen LogP contribution in [0, 0.1) is 0 Å². The Labute approximate surface area is 170 Å². The van der Waals surface area contributed by atoms with E-state index in [9.17, 15) is 13.2 Å². The summed E-state index contributed by atoms with van der Waals surface area (Å²) in [4.78, 5) is 16.7. The predicted octanol–water partition coefficient (Wildman–Crippen LogP) is 2.96. The lowest BCUT2D eigenvalue weighted by molar-refractivity contribution is -0.120. The molecule has 0 saturated carbocycles. The number of nitrogens with one attached hydrogen (secondary N) is 1. The third-order valence-electron chi connectivity index (χ3n) is 4.51. The molecule has 0 fully saturated rings. The first kappa shape index (κ1) is 20.5. The van der Waals surface area contributed by atoms with E-state index in [1.54, 1.807) is 80.0 Å². The first-order valence-corrected chi connectivity index (χ1v) is 10.6. The highest BCUT2D eigenvalue weighted by Gasteiger charge is 2.29. The van der Waals surface area contributed by atoms with Crippen LogP contribution in [-0.2, 0) is 21.1 Å². The standard InChI is InChI=1S/C22H22N2O4S/c1-28-19-11-9-17(10-12-19)14-22(25)24-16-21(18-6-5-13-23-15-18)29(26,27)20-7-3-2-4-8-20/h2-13,15,21H,14,16H2,1H3,(H,24,25)/t21-/m1/s1. The molecule has 1 amide bonds. The topological polar surface area (TPSA) is 85.4 Å². The van der Waals surface area contributed by atoms with Gasteiger partial charge in [0.2, 0.25) is 5.91 Å². The molecule has 0 bridgehead atoms. The fraction of sp³-hybridized carbons (Fsp3) is 0.182. The van der Waals surface area contributed by atoms with Crippen LogP contribution in [0.2, 0.25) is 0 Å².